The summed E-state index contributed by atoms with van der Waals surface area (Å²) in [6.45, 7) is 0. The van der Waals surface area contributed by atoms with Crippen LogP contribution >= 0.6 is 15.9 Å². The van der Waals surface area contributed by atoms with Crippen molar-refractivity contribution in [1.82, 2.24) is 0 Å². The third-order valence-corrected chi connectivity index (χ3v) is 3.71. The van der Waals surface area contributed by atoms with Gasteiger partial charge < -0.3 is 15.6 Å². The van der Waals surface area contributed by atoms with Gasteiger partial charge in [0.05, 0.1) is 11.6 Å². The Hall–Kier alpha value is -0.810. The second-order valence-electron chi connectivity index (χ2n) is 4.11. The number of benzene rings is 1. The minimum Gasteiger partial charge on any atom is -0.504 e. The number of phenolic OH excluding ortho intramolecular Hbond substituents is 1. The molecule has 0 amide bonds. The summed E-state index contributed by atoms with van der Waals surface area (Å²) < 4.78 is 18.7. The summed E-state index contributed by atoms with van der Waals surface area (Å²) >= 11 is 3.10. The summed E-state index contributed by atoms with van der Waals surface area (Å²) in [6, 6.07) is 1.53. The van der Waals surface area contributed by atoms with Crippen LogP contribution in [0.5, 0.6) is 11.5 Å². The molecule has 1 aromatic rings. The van der Waals surface area contributed by atoms with Crippen LogP contribution in [0, 0.1) is 5.82 Å². The standard InChI is InChI=1S/C11H13BrFNO2/c1-16-10-8(13)7(12)5-6(9(10)15)11(14)3-2-4-11/h5,15H,2-4,14H2,1H3. The van der Waals surface area contributed by atoms with E-state index in [-0.39, 0.29) is 16.0 Å². The SMILES string of the molecule is COc1c(O)c(C2(N)CCC2)cc(Br)c1F. The molecular formula is C11H13BrFNO2. The van der Waals surface area contributed by atoms with Gasteiger partial charge in [0, 0.05) is 11.1 Å². The molecule has 0 aromatic heterocycles. The van der Waals surface area contributed by atoms with E-state index in [9.17, 15) is 9.50 Å². The molecule has 0 atom stereocenters. The van der Waals surface area contributed by atoms with Crippen LogP contribution in [-0.2, 0) is 5.54 Å². The zero-order valence-corrected chi connectivity index (χ0v) is 10.5. The first-order chi connectivity index (χ1) is 7.49. The Labute approximate surface area is 102 Å². The first kappa shape index (κ1) is 11.7. The van der Waals surface area contributed by atoms with E-state index < -0.39 is 11.4 Å². The maximum absolute atomic E-state index is 13.6. The van der Waals surface area contributed by atoms with Crippen molar-refractivity contribution in [3.8, 4) is 11.5 Å². The lowest BCUT2D eigenvalue weighted by molar-refractivity contribution is 0.241. The van der Waals surface area contributed by atoms with Gasteiger partial charge in [0.25, 0.3) is 0 Å². The normalized spacial score (nSPS) is 18.0. The maximum Gasteiger partial charge on any atom is 0.198 e. The van der Waals surface area contributed by atoms with Gasteiger partial charge in [-0.3, -0.25) is 0 Å². The average molecular weight is 290 g/mol. The Morgan fingerprint density at radius 2 is 2.19 bits per heavy atom. The van der Waals surface area contributed by atoms with E-state index in [0.717, 1.165) is 19.3 Å². The molecule has 0 unspecified atom stereocenters. The van der Waals surface area contributed by atoms with Crippen molar-refractivity contribution in [3.63, 3.8) is 0 Å². The van der Waals surface area contributed by atoms with Gasteiger partial charge in [0.1, 0.15) is 0 Å². The first-order valence-corrected chi connectivity index (χ1v) is 5.83. The van der Waals surface area contributed by atoms with Gasteiger partial charge in [-0.15, -0.1) is 0 Å². The van der Waals surface area contributed by atoms with E-state index in [1.807, 2.05) is 0 Å². The fourth-order valence-electron chi connectivity index (χ4n) is 1.99. The molecule has 1 aromatic carbocycles. The average Bonchev–Trinajstić information content (AvgIpc) is 2.21. The minimum absolute atomic E-state index is 0.152. The molecule has 0 aliphatic heterocycles. The van der Waals surface area contributed by atoms with Gasteiger partial charge >= 0.3 is 0 Å². The van der Waals surface area contributed by atoms with Crippen molar-refractivity contribution in [1.29, 1.82) is 0 Å². The molecule has 3 N–H and O–H groups in total. The Morgan fingerprint density at radius 1 is 1.56 bits per heavy atom. The van der Waals surface area contributed by atoms with E-state index in [1.165, 1.54) is 13.2 Å². The second-order valence-corrected chi connectivity index (χ2v) is 4.97. The third-order valence-electron chi connectivity index (χ3n) is 3.14. The molecule has 5 heteroatoms. The summed E-state index contributed by atoms with van der Waals surface area (Å²) in [5.74, 6) is -0.946. The molecule has 0 bridgehead atoms. The lowest BCUT2D eigenvalue weighted by atomic mass is 9.72. The highest BCUT2D eigenvalue weighted by molar-refractivity contribution is 9.10. The summed E-state index contributed by atoms with van der Waals surface area (Å²) in [4.78, 5) is 0. The zero-order chi connectivity index (χ0) is 11.9. The molecule has 1 aliphatic rings. The van der Waals surface area contributed by atoms with Gasteiger partial charge in [-0.1, -0.05) is 0 Å². The predicted octanol–water partition coefficient (Wildman–Crippen LogP) is 2.64. The van der Waals surface area contributed by atoms with Gasteiger partial charge in [-0.05, 0) is 41.3 Å². The van der Waals surface area contributed by atoms with Crippen molar-refractivity contribution < 1.29 is 14.2 Å². The Balaban J connectivity index is 2.58. The number of methoxy groups -OCH3 is 1. The lowest BCUT2D eigenvalue weighted by Gasteiger charge is -2.39. The quantitative estimate of drug-likeness (QED) is 0.880. The van der Waals surface area contributed by atoms with E-state index in [2.05, 4.69) is 15.9 Å². The van der Waals surface area contributed by atoms with Crippen molar-refractivity contribution in [3.05, 3.63) is 21.9 Å². The Bertz CT molecular complexity index is 432. The number of nitrogens with two attached hydrogens (primary N) is 1. The Kier molecular flexibility index (Phi) is 2.84. The third kappa shape index (κ3) is 1.58. The van der Waals surface area contributed by atoms with E-state index in [1.54, 1.807) is 0 Å². The topological polar surface area (TPSA) is 55.5 Å². The van der Waals surface area contributed by atoms with Crippen LogP contribution in [0.1, 0.15) is 24.8 Å². The molecule has 1 saturated carbocycles. The highest BCUT2D eigenvalue weighted by Crippen LogP contribution is 2.47. The zero-order valence-electron chi connectivity index (χ0n) is 8.89. The first-order valence-electron chi connectivity index (χ1n) is 5.04. The lowest BCUT2D eigenvalue weighted by Crippen LogP contribution is -2.43. The molecule has 1 fully saturated rings. The Morgan fingerprint density at radius 3 is 2.62 bits per heavy atom. The van der Waals surface area contributed by atoms with Crippen LogP contribution in [0.25, 0.3) is 0 Å². The fraction of sp³-hybridized carbons (Fsp3) is 0.455. The summed E-state index contributed by atoms with van der Waals surface area (Å²) in [7, 11) is 1.32. The smallest absolute Gasteiger partial charge is 0.198 e. The van der Waals surface area contributed by atoms with Crippen LogP contribution < -0.4 is 10.5 Å². The second kappa shape index (κ2) is 3.89. The summed E-state index contributed by atoms with van der Waals surface area (Å²) in [5, 5.41) is 9.93. The molecule has 0 spiro atoms. The molecule has 88 valence electrons. The highest BCUT2D eigenvalue weighted by atomic mass is 79.9. The molecule has 3 nitrogen and oxygen atoms in total. The van der Waals surface area contributed by atoms with E-state index in [0.29, 0.717) is 5.56 Å². The number of ether oxygens (including phenoxy) is 1. The van der Waals surface area contributed by atoms with Gasteiger partial charge in [0.15, 0.2) is 17.3 Å². The largest absolute Gasteiger partial charge is 0.504 e. The molecular weight excluding hydrogens is 277 g/mol. The van der Waals surface area contributed by atoms with Crippen molar-refractivity contribution in [2.75, 3.05) is 7.11 Å². The van der Waals surface area contributed by atoms with Crippen molar-refractivity contribution >= 4 is 15.9 Å². The number of rotatable bonds is 2. The monoisotopic (exact) mass is 289 g/mol. The van der Waals surface area contributed by atoms with E-state index >= 15 is 0 Å². The highest BCUT2D eigenvalue weighted by Gasteiger charge is 2.38. The van der Waals surface area contributed by atoms with Crippen LogP contribution in [0.15, 0.2) is 10.5 Å². The molecule has 0 radical (unpaired) electrons. The van der Waals surface area contributed by atoms with Gasteiger partial charge in [0.2, 0.25) is 0 Å². The minimum atomic E-state index is -0.605. The van der Waals surface area contributed by atoms with Crippen LogP contribution in [0.2, 0.25) is 0 Å². The summed E-state index contributed by atoms with van der Waals surface area (Å²) in [5.41, 5.74) is 6.11. The number of phenols is 1. The van der Waals surface area contributed by atoms with Gasteiger partial charge in [-0.25, -0.2) is 4.39 Å². The molecule has 0 saturated heterocycles. The summed E-state index contributed by atoms with van der Waals surface area (Å²) in [6.07, 6.45) is 2.61. The molecule has 1 aliphatic carbocycles. The number of aromatic hydroxyl groups is 1. The van der Waals surface area contributed by atoms with Crippen LogP contribution in [-0.4, -0.2) is 12.2 Å². The van der Waals surface area contributed by atoms with E-state index in [4.69, 9.17) is 10.5 Å². The van der Waals surface area contributed by atoms with Crippen molar-refractivity contribution in [2.24, 2.45) is 5.73 Å². The number of hydrogen-bond donors (Lipinski definition) is 2. The van der Waals surface area contributed by atoms with Crippen LogP contribution in [0.4, 0.5) is 4.39 Å². The number of halogens is 2. The molecule has 2 rings (SSSR count). The number of hydrogen-bond acceptors (Lipinski definition) is 3. The van der Waals surface area contributed by atoms with Crippen molar-refractivity contribution in [2.45, 2.75) is 24.8 Å². The molecule has 16 heavy (non-hydrogen) atoms. The molecule has 0 heterocycles. The predicted molar refractivity (Wildman–Crippen MR) is 62.0 cm³/mol. The van der Waals surface area contributed by atoms with Gasteiger partial charge in [-0.2, -0.15) is 0 Å². The maximum atomic E-state index is 13.6. The van der Waals surface area contributed by atoms with Crippen LogP contribution in [0.3, 0.4) is 0 Å². The fourth-order valence-corrected chi connectivity index (χ4v) is 2.39.